The Bertz CT molecular complexity index is 351. The van der Waals surface area contributed by atoms with Crippen molar-refractivity contribution in [1.29, 1.82) is 0 Å². The zero-order valence-corrected chi connectivity index (χ0v) is 13.9. The molecule has 0 aliphatic carbocycles. The lowest BCUT2D eigenvalue weighted by molar-refractivity contribution is 0.146. The third kappa shape index (κ3) is 8.61. The zero-order chi connectivity index (χ0) is 15.3. The van der Waals surface area contributed by atoms with Crippen LogP contribution in [-0.2, 0) is 4.74 Å². The van der Waals surface area contributed by atoms with Gasteiger partial charge in [0, 0.05) is 18.8 Å². The number of hydrogen-bond acceptors (Lipinski definition) is 3. The molecule has 0 amide bonds. The van der Waals surface area contributed by atoms with Crippen LogP contribution in [0.25, 0.3) is 0 Å². The maximum Gasteiger partial charge on any atom is 0.119 e. The molecule has 0 aromatic heterocycles. The van der Waals surface area contributed by atoms with Crippen molar-refractivity contribution >= 4 is 5.69 Å². The Morgan fingerprint density at radius 1 is 1.00 bits per heavy atom. The van der Waals surface area contributed by atoms with Crippen molar-refractivity contribution in [1.82, 2.24) is 0 Å². The molecule has 3 nitrogen and oxygen atoms in total. The molecule has 0 saturated heterocycles. The average molecular weight is 293 g/mol. The van der Waals surface area contributed by atoms with Crippen LogP contribution in [0.15, 0.2) is 24.3 Å². The van der Waals surface area contributed by atoms with Crippen molar-refractivity contribution in [3.63, 3.8) is 0 Å². The molecule has 0 aliphatic rings. The fourth-order valence-electron chi connectivity index (χ4n) is 2.30. The fraction of sp³-hybridized carbons (Fsp3) is 0.667. The summed E-state index contributed by atoms with van der Waals surface area (Å²) in [6.07, 6.45) is 7.95. The maximum absolute atomic E-state index is 5.56. The molecule has 1 rings (SSSR count). The molecule has 0 fully saturated rings. The molecule has 0 saturated carbocycles. The third-order valence-electron chi connectivity index (χ3n) is 3.56. The highest BCUT2D eigenvalue weighted by molar-refractivity contribution is 5.46. The highest BCUT2D eigenvalue weighted by atomic mass is 16.5. The number of anilines is 1. The van der Waals surface area contributed by atoms with Gasteiger partial charge in [0.1, 0.15) is 12.4 Å². The smallest absolute Gasteiger partial charge is 0.119 e. The predicted molar refractivity (Wildman–Crippen MR) is 90.3 cm³/mol. The first kappa shape index (κ1) is 17.8. The molecule has 1 unspecified atom stereocenters. The van der Waals surface area contributed by atoms with E-state index in [1.807, 2.05) is 12.1 Å². The van der Waals surface area contributed by atoms with Gasteiger partial charge in [0.15, 0.2) is 0 Å². The number of benzene rings is 1. The Kier molecular flexibility index (Phi) is 9.71. The lowest BCUT2D eigenvalue weighted by Crippen LogP contribution is -2.14. The normalized spacial score (nSPS) is 12.1. The van der Waals surface area contributed by atoms with Crippen molar-refractivity contribution < 1.29 is 9.47 Å². The second-order valence-corrected chi connectivity index (χ2v) is 5.61. The summed E-state index contributed by atoms with van der Waals surface area (Å²) in [5.74, 6) is 0.893. The minimum absolute atomic E-state index is 0.520. The fourth-order valence-corrected chi connectivity index (χ4v) is 2.30. The van der Waals surface area contributed by atoms with E-state index >= 15 is 0 Å². The highest BCUT2D eigenvalue weighted by Crippen LogP contribution is 2.17. The minimum atomic E-state index is 0.520. The highest BCUT2D eigenvalue weighted by Gasteiger charge is 2.02. The Labute approximate surface area is 130 Å². The lowest BCUT2D eigenvalue weighted by Gasteiger charge is -2.15. The summed E-state index contributed by atoms with van der Waals surface area (Å²) < 4.78 is 10.5. The van der Waals surface area contributed by atoms with Crippen molar-refractivity contribution in [2.75, 3.05) is 25.6 Å². The van der Waals surface area contributed by atoms with Gasteiger partial charge in [-0.3, -0.25) is 0 Å². The van der Waals surface area contributed by atoms with Gasteiger partial charge in [-0.1, -0.05) is 39.0 Å². The first-order valence-corrected chi connectivity index (χ1v) is 8.24. The predicted octanol–water partition coefficient (Wildman–Crippen LogP) is 4.87. The van der Waals surface area contributed by atoms with Gasteiger partial charge >= 0.3 is 0 Å². The van der Waals surface area contributed by atoms with Crippen LogP contribution < -0.4 is 10.1 Å². The summed E-state index contributed by atoms with van der Waals surface area (Å²) in [5, 5.41) is 3.55. The SMILES string of the molecule is CCCCCCCC(C)Nc1ccc(OCCOC)cc1. The van der Waals surface area contributed by atoms with Gasteiger partial charge in [0.05, 0.1) is 6.61 Å². The van der Waals surface area contributed by atoms with Gasteiger partial charge in [-0.15, -0.1) is 0 Å². The Morgan fingerprint density at radius 2 is 1.71 bits per heavy atom. The van der Waals surface area contributed by atoms with Gasteiger partial charge in [0.25, 0.3) is 0 Å². The van der Waals surface area contributed by atoms with Gasteiger partial charge in [-0.2, -0.15) is 0 Å². The average Bonchev–Trinajstić information content (AvgIpc) is 2.49. The number of ether oxygens (including phenoxy) is 2. The van der Waals surface area contributed by atoms with E-state index in [0.717, 1.165) is 11.4 Å². The molecular formula is C18H31NO2. The Morgan fingerprint density at radius 3 is 2.38 bits per heavy atom. The number of unbranched alkanes of at least 4 members (excludes halogenated alkanes) is 4. The van der Waals surface area contributed by atoms with E-state index in [1.165, 1.54) is 38.5 Å². The summed E-state index contributed by atoms with van der Waals surface area (Å²) in [7, 11) is 1.68. The standard InChI is InChI=1S/C18H31NO2/c1-4-5-6-7-8-9-16(2)19-17-10-12-18(13-11-17)21-15-14-20-3/h10-13,16,19H,4-9,14-15H2,1-3H3. The van der Waals surface area contributed by atoms with E-state index in [1.54, 1.807) is 7.11 Å². The van der Waals surface area contributed by atoms with Crippen LogP contribution >= 0.6 is 0 Å². The van der Waals surface area contributed by atoms with E-state index in [-0.39, 0.29) is 0 Å². The minimum Gasteiger partial charge on any atom is -0.491 e. The van der Waals surface area contributed by atoms with Crippen molar-refractivity contribution in [3.05, 3.63) is 24.3 Å². The lowest BCUT2D eigenvalue weighted by atomic mass is 10.1. The van der Waals surface area contributed by atoms with Gasteiger partial charge in [-0.25, -0.2) is 0 Å². The quantitative estimate of drug-likeness (QED) is 0.558. The molecule has 120 valence electrons. The second kappa shape index (κ2) is 11.4. The van der Waals surface area contributed by atoms with Crippen LogP contribution in [0.4, 0.5) is 5.69 Å². The number of nitrogens with one attached hydrogen (secondary N) is 1. The molecule has 0 heterocycles. The van der Waals surface area contributed by atoms with E-state index in [4.69, 9.17) is 9.47 Å². The van der Waals surface area contributed by atoms with Crippen LogP contribution in [0.3, 0.4) is 0 Å². The van der Waals surface area contributed by atoms with Crippen LogP contribution in [-0.4, -0.2) is 26.4 Å². The Hall–Kier alpha value is -1.22. The topological polar surface area (TPSA) is 30.5 Å². The zero-order valence-electron chi connectivity index (χ0n) is 13.9. The van der Waals surface area contributed by atoms with Crippen LogP contribution in [0, 0.1) is 0 Å². The van der Waals surface area contributed by atoms with E-state index in [0.29, 0.717) is 19.3 Å². The third-order valence-corrected chi connectivity index (χ3v) is 3.56. The molecule has 21 heavy (non-hydrogen) atoms. The van der Waals surface area contributed by atoms with Crippen LogP contribution in [0.1, 0.15) is 52.4 Å². The summed E-state index contributed by atoms with van der Waals surface area (Å²) in [6.45, 7) is 5.72. The van der Waals surface area contributed by atoms with Gasteiger partial charge in [-0.05, 0) is 37.6 Å². The summed E-state index contributed by atoms with van der Waals surface area (Å²) in [5.41, 5.74) is 1.16. The first-order chi connectivity index (χ1) is 10.3. The molecule has 0 spiro atoms. The molecule has 1 aromatic rings. The Balaban J connectivity index is 2.21. The molecule has 1 atom stereocenters. The van der Waals surface area contributed by atoms with E-state index in [9.17, 15) is 0 Å². The molecule has 0 aliphatic heterocycles. The summed E-state index contributed by atoms with van der Waals surface area (Å²) in [4.78, 5) is 0. The number of hydrogen-bond donors (Lipinski definition) is 1. The van der Waals surface area contributed by atoms with Crippen molar-refractivity contribution in [2.45, 2.75) is 58.4 Å². The van der Waals surface area contributed by atoms with Crippen molar-refractivity contribution in [2.24, 2.45) is 0 Å². The molecule has 0 bridgehead atoms. The molecular weight excluding hydrogens is 262 g/mol. The van der Waals surface area contributed by atoms with E-state index in [2.05, 4.69) is 31.3 Å². The molecule has 0 radical (unpaired) electrons. The monoisotopic (exact) mass is 293 g/mol. The summed E-state index contributed by atoms with van der Waals surface area (Å²) in [6, 6.07) is 8.69. The largest absolute Gasteiger partial charge is 0.491 e. The first-order valence-electron chi connectivity index (χ1n) is 8.24. The molecule has 1 aromatic carbocycles. The number of methoxy groups -OCH3 is 1. The maximum atomic E-state index is 5.56. The van der Waals surface area contributed by atoms with Crippen LogP contribution in [0.2, 0.25) is 0 Å². The van der Waals surface area contributed by atoms with Crippen LogP contribution in [0.5, 0.6) is 5.75 Å². The van der Waals surface area contributed by atoms with Gasteiger partial charge in [0.2, 0.25) is 0 Å². The summed E-state index contributed by atoms with van der Waals surface area (Å²) >= 11 is 0. The van der Waals surface area contributed by atoms with Gasteiger partial charge < -0.3 is 14.8 Å². The van der Waals surface area contributed by atoms with E-state index < -0.39 is 0 Å². The number of rotatable bonds is 12. The molecule has 1 N–H and O–H groups in total. The molecule has 3 heteroatoms. The second-order valence-electron chi connectivity index (χ2n) is 5.61. The van der Waals surface area contributed by atoms with Crippen molar-refractivity contribution in [3.8, 4) is 5.75 Å².